The summed E-state index contributed by atoms with van der Waals surface area (Å²) in [6, 6.07) is 8.97. The Kier molecular flexibility index (Phi) is 11.1. The van der Waals surface area contributed by atoms with Gasteiger partial charge < -0.3 is 30.1 Å². The Morgan fingerprint density at radius 1 is 0.977 bits per heavy atom. The molecule has 0 saturated carbocycles. The Morgan fingerprint density at radius 3 is 2.55 bits per heavy atom. The minimum Gasteiger partial charge on any atom is -0.484 e. The third-order valence-corrected chi connectivity index (χ3v) is 9.67. The second-order valence-electron chi connectivity index (χ2n) is 12.5. The summed E-state index contributed by atoms with van der Waals surface area (Å²) in [6.07, 6.45) is 6.04. The van der Waals surface area contributed by atoms with Gasteiger partial charge in [0.15, 0.2) is 6.61 Å². The Hall–Kier alpha value is -3.67. The maximum atomic E-state index is 14.0. The Labute approximate surface area is 259 Å². The quantitative estimate of drug-likeness (QED) is 0.429. The van der Waals surface area contributed by atoms with E-state index in [0.29, 0.717) is 51.3 Å². The fraction of sp³-hybridized carbons (Fsp3) is 0.656. The van der Waals surface area contributed by atoms with Crippen molar-refractivity contribution in [3.63, 3.8) is 0 Å². The highest BCUT2D eigenvalue weighted by molar-refractivity contribution is 5.88. The van der Waals surface area contributed by atoms with Crippen molar-refractivity contribution >= 4 is 30.0 Å². The van der Waals surface area contributed by atoms with E-state index in [2.05, 4.69) is 15.5 Å². The molecule has 1 aromatic carbocycles. The number of benzene rings is 1. The van der Waals surface area contributed by atoms with Gasteiger partial charge in [-0.25, -0.2) is 0 Å². The van der Waals surface area contributed by atoms with E-state index in [4.69, 9.17) is 4.74 Å². The number of nitrogens with zero attached hydrogens (tertiary/aromatic N) is 4. The Morgan fingerprint density at radius 2 is 1.77 bits per heavy atom. The zero-order valence-corrected chi connectivity index (χ0v) is 25.5. The first-order valence-corrected chi connectivity index (χ1v) is 16.1. The van der Waals surface area contributed by atoms with Crippen LogP contribution in [0, 0.1) is 11.8 Å². The van der Waals surface area contributed by atoms with Gasteiger partial charge in [-0.2, -0.15) is 0 Å². The lowest BCUT2D eigenvalue weighted by Crippen LogP contribution is -2.55. The molecule has 0 spiro atoms. The van der Waals surface area contributed by atoms with Crippen LogP contribution in [0.1, 0.15) is 44.9 Å². The lowest BCUT2D eigenvalue weighted by molar-refractivity contribution is -0.141. The average Bonchev–Trinajstić information content (AvgIpc) is 3.54. The van der Waals surface area contributed by atoms with Gasteiger partial charge in [0, 0.05) is 58.3 Å². The highest BCUT2D eigenvalue weighted by atomic mass is 16.5. The van der Waals surface area contributed by atoms with Crippen LogP contribution in [-0.4, -0.2) is 127 Å². The van der Waals surface area contributed by atoms with E-state index in [0.717, 1.165) is 45.1 Å². The van der Waals surface area contributed by atoms with Crippen LogP contribution in [0.5, 0.6) is 5.75 Å². The number of hydrogen-bond donors (Lipinski definition) is 2. The molecule has 2 N–H and O–H groups in total. The zero-order valence-electron chi connectivity index (χ0n) is 25.5. The van der Waals surface area contributed by atoms with E-state index < -0.39 is 0 Å². The number of para-hydroxylation sites is 1. The fourth-order valence-corrected chi connectivity index (χ4v) is 7.24. The standard InChI is InChI=1S/C32H46N6O6/c39-23-35-15-9-24-19-31(42)36-16-10-26(11-17-36)38-14-4-7-28(38)32(43)37(21-29(40)33-12-8-25(24)20-35)18-13-34-30(41)22-44-27-5-2-1-3-6-27/h1-3,5-6,23-26,28H,4,7-22H2,(H,33,40)(H,34,41)/t24-,25-,28-/m0/s1. The molecule has 0 radical (unpaired) electrons. The molecule has 5 amide bonds. The van der Waals surface area contributed by atoms with Crippen molar-refractivity contribution in [3.05, 3.63) is 30.3 Å². The van der Waals surface area contributed by atoms with Gasteiger partial charge >= 0.3 is 0 Å². The molecule has 5 aliphatic rings. The predicted octanol–water partition coefficient (Wildman–Crippen LogP) is 0.470. The van der Waals surface area contributed by atoms with E-state index in [-0.39, 0.29) is 73.8 Å². The highest BCUT2D eigenvalue weighted by Gasteiger charge is 2.40. The van der Waals surface area contributed by atoms with Gasteiger partial charge in [0.2, 0.25) is 24.1 Å². The molecule has 240 valence electrons. The molecule has 0 unspecified atom stereocenters. The number of hydrogen-bond acceptors (Lipinski definition) is 7. The fourth-order valence-electron chi connectivity index (χ4n) is 7.24. The maximum Gasteiger partial charge on any atom is 0.258 e. The van der Waals surface area contributed by atoms with Crippen LogP contribution in [0.4, 0.5) is 0 Å². The summed E-state index contributed by atoms with van der Waals surface area (Å²) >= 11 is 0. The normalized spacial score (nSPS) is 27.3. The third kappa shape index (κ3) is 8.28. The van der Waals surface area contributed by atoms with E-state index >= 15 is 0 Å². The SMILES string of the molecule is O=CN1CC[C@H]2CC(=O)N3CCC(CC3)N3CCC[C@H]3C(=O)N(CCNC(=O)COc3ccccc3)CC(=O)NCC[C@H]2C1. The second kappa shape index (κ2) is 15.4. The molecule has 44 heavy (non-hydrogen) atoms. The summed E-state index contributed by atoms with van der Waals surface area (Å²) in [5, 5.41) is 5.80. The first-order valence-electron chi connectivity index (χ1n) is 16.1. The molecule has 5 aliphatic heterocycles. The van der Waals surface area contributed by atoms with Crippen molar-refractivity contribution in [1.82, 2.24) is 30.2 Å². The predicted molar refractivity (Wildman–Crippen MR) is 162 cm³/mol. The molecule has 0 aliphatic carbocycles. The molecule has 5 fully saturated rings. The van der Waals surface area contributed by atoms with Crippen molar-refractivity contribution in [3.8, 4) is 5.75 Å². The summed E-state index contributed by atoms with van der Waals surface area (Å²) in [5.41, 5.74) is 0. The summed E-state index contributed by atoms with van der Waals surface area (Å²) in [7, 11) is 0. The van der Waals surface area contributed by atoms with Crippen LogP contribution in [0.3, 0.4) is 0 Å². The molecule has 6 rings (SSSR count). The van der Waals surface area contributed by atoms with Gasteiger partial charge in [0.1, 0.15) is 5.75 Å². The van der Waals surface area contributed by atoms with E-state index in [1.807, 2.05) is 23.1 Å². The number of nitrogens with one attached hydrogen (secondary N) is 2. The Balaban J connectivity index is 1.25. The van der Waals surface area contributed by atoms with Crippen LogP contribution in [-0.2, 0) is 24.0 Å². The van der Waals surface area contributed by atoms with Crippen molar-refractivity contribution < 1.29 is 28.7 Å². The number of fused-ring (bicyclic) bond motifs is 9. The summed E-state index contributed by atoms with van der Waals surface area (Å²) < 4.78 is 5.52. The van der Waals surface area contributed by atoms with Gasteiger partial charge in [0.25, 0.3) is 5.91 Å². The number of carbonyl (C=O) groups excluding carboxylic acids is 5. The van der Waals surface area contributed by atoms with Crippen molar-refractivity contribution in [2.75, 3.05) is 65.5 Å². The first-order chi connectivity index (χ1) is 21.4. The molecule has 0 aromatic heterocycles. The summed E-state index contributed by atoms with van der Waals surface area (Å²) in [4.78, 5) is 72.0. The van der Waals surface area contributed by atoms with E-state index in [1.54, 1.807) is 21.9 Å². The molecule has 1 aromatic rings. The van der Waals surface area contributed by atoms with Gasteiger partial charge in [-0.15, -0.1) is 0 Å². The molecule has 12 nitrogen and oxygen atoms in total. The number of ether oxygens (including phenoxy) is 1. The second-order valence-corrected chi connectivity index (χ2v) is 12.5. The first kappa shape index (κ1) is 31.7. The topological polar surface area (TPSA) is 132 Å². The van der Waals surface area contributed by atoms with Gasteiger partial charge in [0.05, 0.1) is 12.6 Å². The van der Waals surface area contributed by atoms with Crippen LogP contribution in [0.15, 0.2) is 30.3 Å². The minimum absolute atomic E-state index is 0.0922. The van der Waals surface area contributed by atoms with E-state index in [9.17, 15) is 24.0 Å². The van der Waals surface area contributed by atoms with E-state index in [1.165, 1.54) is 0 Å². The third-order valence-electron chi connectivity index (χ3n) is 9.67. The van der Waals surface area contributed by atoms with Gasteiger partial charge in [-0.1, -0.05) is 18.2 Å². The molecular formula is C32H46N6O6. The molecule has 12 heteroatoms. The van der Waals surface area contributed by atoms with Crippen LogP contribution < -0.4 is 15.4 Å². The number of rotatable bonds is 7. The molecule has 5 heterocycles. The minimum atomic E-state index is -0.319. The zero-order chi connectivity index (χ0) is 30.9. The summed E-state index contributed by atoms with van der Waals surface area (Å²) in [5.74, 6) is 0.399. The lowest BCUT2D eigenvalue weighted by Gasteiger charge is -2.41. The monoisotopic (exact) mass is 610 g/mol. The lowest BCUT2D eigenvalue weighted by atomic mass is 9.81. The maximum absolute atomic E-state index is 14.0. The van der Waals surface area contributed by atoms with Crippen molar-refractivity contribution in [2.24, 2.45) is 11.8 Å². The number of likely N-dealkylation sites (tertiary alicyclic amines) is 1. The molecule has 2 bridgehead atoms. The van der Waals surface area contributed by atoms with Crippen LogP contribution >= 0.6 is 0 Å². The molecule has 3 atom stereocenters. The largest absolute Gasteiger partial charge is 0.484 e. The highest BCUT2D eigenvalue weighted by Crippen LogP contribution is 2.31. The number of amides is 5. The van der Waals surface area contributed by atoms with Gasteiger partial charge in [-0.05, 0) is 69.0 Å². The average molecular weight is 611 g/mol. The number of piperidine rings is 2. The molecular weight excluding hydrogens is 564 g/mol. The summed E-state index contributed by atoms with van der Waals surface area (Å²) in [6.45, 7) is 3.98. The molecule has 5 saturated heterocycles. The van der Waals surface area contributed by atoms with Crippen LogP contribution in [0.25, 0.3) is 0 Å². The smallest absolute Gasteiger partial charge is 0.258 e. The van der Waals surface area contributed by atoms with Crippen LogP contribution in [0.2, 0.25) is 0 Å². The van der Waals surface area contributed by atoms with Crippen molar-refractivity contribution in [2.45, 2.75) is 57.0 Å². The van der Waals surface area contributed by atoms with Gasteiger partial charge in [-0.3, -0.25) is 28.9 Å². The van der Waals surface area contributed by atoms with Crippen molar-refractivity contribution in [1.29, 1.82) is 0 Å². The number of carbonyl (C=O) groups is 5. The Bertz CT molecular complexity index is 1160.